The van der Waals surface area contributed by atoms with E-state index in [0.29, 0.717) is 57.7 Å². The molecule has 1 aromatic carbocycles. The smallest absolute Gasteiger partial charge is 0.254 e. The van der Waals surface area contributed by atoms with E-state index in [9.17, 15) is 9.18 Å². The first-order valence-corrected chi connectivity index (χ1v) is 10.2. The topological polar surface area (TPSA) is 64.6 Å². The first kappa shape index (κ1) is 19.8. The van der Waals surface area contributed by atoms with Crippen LogP contribution in [0.15, 0.2) is 36.7 Å². The zero-order valence-corrected chi connectivity index (χ0v) is 16.6. The number of amides is 1. The second kappa shape index (κ2) is 8.45. The molecule has 3 heterocycles. The standard InChI is InChI=1S/C22H26FN3O3/c1-2-18-19(23)20(25-15-24-18)29-17-8-11-26(14-17)21(27)22(9-12-28-13-10-22)16-6-4-3-5-7-16/h3-7,15,17H,2,8-14H2,1H3/t17-/m1/s1. The predicted octanol–water partition coefficient (Wildman–Crippen LogP) is 2.91. The zero-order chi connectivity index (χ0) is 20.3. The lowest BCUT2D eigenvalue weighted by atomic mass is 9.73. The highest BCUT2D eigenvalue weighted by Crippen LogP contribution is 2.37. The Hall–Kier alpha value is -2.54. The number of hydrogen-bond acceptors (Lipinski definition) is 5. The molecule has 1 atom stereocenters. The summed E-state index contributed by atoms with van der Waals surface area (Å²) < 4.78 is 25.8. The maximum absolute atomic E-state index is 14.4. The van der Waals surface area contributed by atoms with Crippen LogP contribution in [-0.4, -0.2) is 53.2 Å². The molecular formula is C22H26FN3O3. The van der Waals surface area contributed by atoms with Crippen molar-refractivity contribution in [2.24, 2.45) is 0 Å². The van der Waals surface area contributed by atoms with Crippen molar-refractivity contribution >= 4 is 5.91 Å². The van der Waals surface area contributed by atoms with E-state index in [1.54, 1.807) is 0 Å². The number of halogens is 1. The number of rotatable bonds is 5. The van der Waals surface area contributed by atoms with Crippen molar-refractivity contribution in [2.45, 2.75) is 44.1 Å². The molecule has 0 N–H and O–H groups in total. The summed E-state index contributed by atoms with van der Waals surface area (Å²) in [5.74, 6) is -0.430. The van der Waals surface area contributed by atoms with Crippen LogP contribution in [0.5, 0.6) is 5.88 Å². The van der Waals surface area contributed by atoms with Crippen molar-refractivity contribution in [1.82, 2.24) is 14.9 Å². The summed E-state index contributed by atoms with van der Waals surface area (Å²) in [6, 6.07) is 9.95. The molecule has 1 amide bonds. The average Bonchev–Trinajstić information content (AvgIpc) is 3.24. The van der Waals surface area contributed by atoms with Gasteiger partial charge in [0.25, 0.3) is 5.88 Å². The minimum Gasteiger partial charge on any atom is -0.470 e. The Kier molecular flexibility index (Phi) is 5.76. The highest BCUT2D eigenvalue weighted by Gasteiger charge is 2.45. The average molecular weight is 399 g/mol. The molecule has 2 aromatic rings. The fourth-order valence-electron chi connectivity index (χ4n) is 4.29. The van der Waals surface area contributed by atoms with E-state index in [4.69, 9.17) is 9.47 Å². The number of ether oxygens (including phenoxy) is 2. The fraction of sp³-hybridized carbons (Fsp3) is 0.500. The van der Waals surface area contributed by atoms with Crippen LogP contribution in [0.25, 0.3) is 0 Å². The summed E-state index contributed by atoms with van der Waals surface area (Å²) in [7, 11) is 0. The molecule has 2 saturated heterocycles. The Morgan fingerprint density at radius 2 is 2.03 bits per heavy atom. The van der Waals surface area contributed by atoms with Gasteiger partial charge in [-0.1, -0.05) is 37.3 Å². The first-order valence-electron chi connectivity index (χ1n) is 10.2. The monoisotopic (exact) mass is 399 g/mol. The Morgan fingerprint density at radius 1 is 1.28 bits per heavy atom. The molecule has 29 heavy (non-hydrogen) atoms. The van der Waals surface area contributed by atoms with E-state index in [2.05, 4.69) is 9.97 Å². The van der Waals surface area contributed by atoms with Gasteiger partial charge in [-0.3, -0.25) is 4.79 Å². The highest BCUT2D eigenvalue weighted by molar-refractivity contribution is 5.88. The molecular weight excluding hydrogens is 373 g/mol. The number of hydrogen-bond donors (Lipinski definition) is 0. The van der Waals surface area contributed by atoms with Crippen LogP contribution in [0.1, 0.15) is 37.4 Å². The lowest BCUT2D eigenvalue weighted by Crippen LogP contribution is -2.49. The minimum absolute atomic E-state index is 0.0278. The zero-order valence-electron chi connectivity index (χ0n) is 16.6. The Balaban J connectivity index is 1.50. The van der Waals surface area contributed by atoms with Gasteiger partial charge in [0.2, 0.25) is 11.7 Å². The van der Waals surface area contributed by atoms with Crippen molar-refractivity contribution in [1.29, 1.82) is 0 Å². The van der Waals surface area contributed by atoms with Crippen LogP contribution in [0.4, 0.5) is 4.39 Å². The summed E-state index contributed by atoms with van der Waals surface area (Å²) in [6.07, 6.45) is 3.50. The van der Waals surface area contributed by atoms with Gasteiger partial charge in [-0.05, 0) is 24.8 Å². The molecule has 2 aliphatic heterocycles. The van der Waals surface area contributed by atoms with Crippen LogP contribution in [0.3, 0.4) is 0 Å². The molecule has 1 aromatic heterocycles. The summed E-state index contributed by atoms with van der Waals surface area (Å²) in [6.45, 7) is 3.99. The first-order chi connectivity index (χ1) is 14.1. The van der Waals surface area contributed by atoms with Crippen LogP contribution >= 0.6 is 0 Å². The van der Waals surface area contributed by atoms with Crippen molar-refractivity contribution in [3.8, 4) is 5.88 Å². The number of carbonyl (C=O) groups excluding carboxylic acids is 1. The number of likely N-dealkylation sites (tertiary alicyclic amines) is 1. The lowest BCUT2D eigenvalue weighted by molar-refractivity contribution is -0.140. The molecule has 0 aliphatic carbocycles. The molecule has 2 aliphatic rings. The van der Waals surface area contributed by atoms with E-state index in [-0.39, 0.29) is 17.9 Å². The van der Waals surface area contributed by atoms with Gasteiger partial charge in [0.1, 0.15) is 12.4 Å². The van der Waals surface area contributed by atoms with Gasteiger partial charge in [0, 0.05) is 26.2 Å². The SMILES string of the molecule is CCc1ncnc(O[C@@H]2CCN(C(=O)C3(c4ccccc4)CCOCC3)C2)c1F. The Bertz CT molecular complexity index is 856. The largest absolute Gasteiger partial charge is 0.470 e. The van der Waals surface area contributed by atoms with E-state index < -0.39 is 11.2 Å². The van der Waals surface area contributed by atoms with Gasteiger partial charge in [-0.15, -0.1) is 0 Å². The van der Waals surface area contributed by atoms with Gasteiger partial charge >= 0.3 is 0 Å². The second-order valence-corrected chi connectivity index (χ2v) is 7.63. The molecule has 7 heteroatoms. The third-order valence-electron chi connectivity index (χ3n) is 5.96. The van der Waals surface area contributed by atoms with Crippen LogP contribution < -0.4 is 4.74 Å². The van der Waals surface area contributed by atoms with Crippen molar-refractivity contribution in [2.75, 3.05) is 26.3 Å². The molecule has 4 rings (SSSR count). The molecule has 0 unspecified atom stereocenters. The third-order valence-corrected chi connectivity index (χ3v) is 5.96. The highest BCUT2D eigenvalue weighted by atomic mass is 19.1. The minimum atomic E-state index is -0.566. The lowest BCUT2D eigenvalue weighted by Gasteiger charge is -2.39. The van der Waals surface area contributed by atoms with E-state index in [1.807, 2.05) is 42.2 Å². The Labute approximate surface area is 170 Å². The Morgan fingerprint density at radius 3 is 2.76 bits per heavy atom. The third kappa shape index (κ3) is 3.83. The molecule has 0 bridgehead atoms. The van der Waals surface area contributed by atoms with Gasteiger partial charge < -0.3 is 14.4 Å². The fourth-order valence-corrected chi connectivity index (χ4v) is 4.29. The summed E-state index contributed by atoms with van der Waals surface area (Å²) in [5.41, 5.74) is 0.808. The number of carbonyl (C=O) groups is 1. The van der Waals surface area contributed by atoms with Crippen molar-refractivity contribution in [3.63, 3.8) is 0 Å². The van der Waals surface area contributed by atoms with E-state index in [1.165, 1.54) is 6.33 Å². The maximum atomic E-state index is 14.4. The summed E-state index contributed by atoms with van der Waals surface area (Å²) in [4.78, 5) is 23.3. The quantitative estimate of drug-likeness (QED) is 0.774. The molecule has 0 spiro atoms. The number of benzene rings is 1. The van der Waals surface area contributed by atoms with Gasteiger partial charge in [0.15, 0.2) is 0 Å². The normalized spacial score (nSPS) is 21.2. The molecule has 2 fully saturated rings. The van der Waals surface area contributed by atoms with Gasteiger partial charge in [-0.2, -0.15) is 9.37 Å². The van der Waals surface area contributed by atoms with Crippen molar-refractivity contribution < 1.29 is 18.7 Å². The summed E-state index contributed by atoms with van der Waals surface area (Å²) >= 11 is 0. The number of aryl methyl sites for hydroxylation is 1. The van der Waals surface area contributed by atoms with E-state index in [0.717, 1.165) is 5.56 Å². The van der Waals surface area contributed by atoms with Gasteiger partial charge in [0.05, 0.1) is 17.7 Å². The number of nitrogens with zero attached hydrogens (tertiary/aromatic N) is 3. The molecule has 0 saturated carbocycles. The summed E-state index contributed by atoms with van der Waals surface area (Å²) in [5, 5.41) is 0. The molecule has 0 radical (unpaired) electrons. The van der Waals surface area contributed by atoms with Crippen molar-refractivity contribution in [3.05, 3.63) is 53.7 Å². The van der Waals surface area contributed by atoms with Crippen LogP contribution in [0.2, 0.25) is 0 Å². The molecule has 154 valence electrons. The number of aromatic nitrogens is 2. The van der Waals surface area contributed by atoms with Crippen LogP contribution in [0, 0.1) is 5.82 Å². The van der Waals surface area contributed by atoms with Crippen LogP contribution in [-0.2, 0) is 21.4 Å². The molecule has 6 nitrogen and oxygen atoms in total. The van der Waals surface area contributed by atoms with Gasteiger partial charge in [-0.25, -0.2) is 4.98 Å². The predicted molar refractivity (Wildman–Crippen MR) is 105 cm³/mol. The maximum Gasteiger partial charge on any atom is 0.254 e. The second-order valence-electron chi connectivity index (χ2n) is 7.63. The van der Waals surface area contributed by atoms with E-state index >= 15 is 0 Å².